The molecule has 0 bridgehead atoms. The molecule has 0 fully saturated rings. The maximum absolute atomic E-state index is 13.5. The summed E-state index contributed by atoms with van der Waals surface area (Å²) in [6, 6.07) is 11.0. The van der Waals surface area contributed by atoms with Crippen LogP contribution in [0.4, 0.5) is 13.2 Å². The van der Waals surface area contributed by atoms with Gasteiger partial charge in [-0.25, -0.2) is 15.3 Å². The number of fused-ring (bicyclic) bond motifs is 1. The minimum atomic E-state index is -4.63. The minimum Gasteiger partial charge on any atom is -0.342 e. The van der Waals surface area contributed by atoms with Gasteiger partial charge in [-0.2, -0.15) is 18.4 Å². The van der Waals surface area contributed by atoms with Gasteiger partial charge in [-0.1, -0.05) is 6.07 Å². The number of alkyl halides is 3. The van der Waals surface area contributed by atoms with E-state index in [1.807, 2.05) is 6.07 Å². The molecule has 1 atom stereocenters. The Morgan fingerprint density at radius 1 is 1.25 bits per heavy atom. The van der Waals surface area contributed by atoms with Crippen LogP contribution in [0.1, 0.15) is 23.7 Å². The third-order valence-electron chi connectivity index (χ3n) is 4.44. The monoisotopic (exact) mass is 385 g/mol. The molecule has 0 aliphatic carbocycles. The van der Waals surface area contributed by atoms with E-state index in [1.165, 1.54) is 24.4 Å². The number of amidine groups is 1. The molecule has 1 aliphatic rings. The van der Waals surface area contributed by atoms with E-state index in [4.69, 9.17) is 10.1 Å². The maximum Gasteiger partial charge on any atom is 0.418 e. The summed E-state index contributed by atoms with van der Waals surface area (Å²) >= 11 is 0. The van der Waals surface area contributed by atoms with Gasteiger partial charge in [-0.05, 0) is 37.3 Å². The molecule has 9 heteroatoms. The number of pyridine rings is 1. The van der Waals surface area contributed by atoms with Crippen molar-refractivity contribution in [2.75, 3.05) is 0 Å². The smallest absolute Gasteiger partial charge is 0.342 e. The Balaban J connectivity index is 1.72. The van der Waals surface area contributed by atoms with Crippen LogP contribution in [0.15, 0.2) is 53.8 Å². The molecule has 0 spiro atoms. The maximum atomic E-state index is 13.5. The quantitative estimate of drug-likeness (QED) is 0.747. The minimum absolute atomic E-state index is 0.0324. The van der Waals surface area contributed by atoms with E-state index in [-0.39, 0.29) is 11.9 Å². The van der Waals surface area contributed by atoms with Crippen LogP contribution >= 0.6 is 0 Å². The highest BCUT2D eigenvalue weighted by Gasteiger charge is 2.37. The van der Waals surface area contributed by atoms with Gasteiger partial charge < -0.3 is 4.57 Å². The van der Waals surface area contributed by atoms with Crippen LogP contribution in [0, 0.1) is 11.3 Å². The molecule has 1 aromatic carbocycles. The topological polar surface area (TPSA) is 75.2 Å². The average Bonchev–Trinajstić information content (AvgIpc) is 3.25. The van der Waals surface area contributed by atoms with E-state index >= 15 is 0 Å². The summed E-state index contributed by atoms with van der Waals surface area (Å²) in [4.78, 5) is 14.3. The summed E-state index contributed by atoms with van der Waals surface area (Å²) in [5.74, 6) is 0.447. The van der Waals surface area contributed by atoms with Crippen molar-refractivity contribution in [1.82, 2.24) is 15.0 Å². The summed E-state index contributed by atoms with van der Waals surface area (Å²) in [7, 11) is 0. The van der Waals surface area contributed by atoms with Crippen LogP contribution in [0.5, 0.6) is 0 Å². The molecular weight excluding hydrogens is 371 g/mol. The zero-order chi connectivity index (χ0) is 19.9. The molecule has 28 heavy (non-hydrogen) atoms. The summed E-state index contributed by atoms with van der Waals surface area (Å²) in [5.41, 5.74) is 1.30. The predicted molar refractivity (Wildman–Crippen MR) is 95.1 cm³/mol. The van der Waals surface area contributed by atoms with Crippen LogP contribution in [0.3, 0.4) is 0 Å². The van der Waals surface area contributed by atoms with Gasteiger partial charge >= 0.3 is 6.18 Å². The zero-order valence-electron chi connectivity index (χ0n) is 14.7. The number of nitriles is 1. The number of hydrogen-bond donors (Lipinski definition) is 1. The molecular formula is C19H14F3N5O. The van der Waals surface area contributed by atoms with Crippen molar-refractivity contribution in [3.8, 4) is 6.07 Å². The Morgan fingerprint density at radius 2 is 2.07 bits per heavy atom. The fourth-order valence-corrected chi connectivity index (χ4v) is 3.25. The molecule has 0 saturated carbocycles. The second-order valence-electron chi connectivity index (χ2n) is 6.53. The Hall–Kier alpha value is -3.38. The SMILES string of the molecule is CC1(Cn2ccc3c(C(F)(F)F)c(C#N)ccc32)N=C(c2ccccn2)NO1. The molecule has 2 aromatic heterocycles. The van der Waals surface area contributed by atoms with Gasteiger partial charge in [0.25, 0.3) is 0 Å². The van der Waals surface area contributed by atoms with Gasteiger partial charge in [-0.15, -0.1) is 0 Å². The fraction of sp³-hybridized carbons (Fsp3) is 0.211. The van der Waals surface area contributed by atoms with E-state index < -0.39 is 23.0 Å². The molecule has 0 amide bonds. The first kappa shape index (κ1) is 18.0. The number of nitrogens with one attached hydrogen (secondary N) is 1. The van der Waals surface area contributed by atoms with E-state index in [2.05, 4.69) is 15.5 Å². The van der Waals surface area contributed by atoms with Crippen molar-refractivity contribution in [2.24, 2.45) is 4.99 Å². The average molecular weight is 385 g/mol. The van der Waals surface area contributed by atoms with Gasteiger partial charge in [-0.3, -0.25) is 4.98 Å². The second kappa shape index (κ2) is 6.35. The van der Waals surface area contributed by atoms with Gasteiger partial charge in [0, 0.05) is 23.3 Å². The molecule has 3 heterocycles. The number of aliphatic imine (C=N–C) groups is 1. The molecule has 0 radical (unpaired) electrons. The lowest BCUT2D eigenvalue weighted by atomic mass is 10.0. The first-order valence-corrected chi connectivity index (χ1v) is 8.35. The first-order chi connectivity index (χ1) is 13.3. The van der Waals surface area contributed by atoms with Gasteiger partial charge in [0.05, 0.1) is 23.7 Å². The highest BCUT2D eigenvalue weighted by Crippen LogP contribution is 2.38. The van der Waals surface area contributed by atoms with E-state index in [1.54, 1.807) is 35.9 Å². The number of benzene rings is 1. The Morgan fingerprint density at radius 3 is 2.75 bits per heavy atom. The number of hydrogen-bond acceptors (Lipinski definition) is 5. The molecule has 3 aromatic rings. The summed E-state index contributed by atoms with van der Waals surface area (Å²) in [5, 5.41) is 9.02. The van der Waals surface area contributed by atoms with Crippen molar-refractivity contribution in [3.05, 3.63) is 65.6 Å². The summed E-state index contributed by atoms with van der Waals surface area (Å²) < 4.78 is 42.0. The second-order valence-corrected chi connectivity index (χ2v) is 6.53. The van der Waals surface area contributed by atoms with Crippen LogP contribution < -0.4 is 5.48 Å². The van der Waals surface area contributed by atoms with Crippen molar-refractivity contribution in [1.29, 1.82) is 5.26 Å². The van der Waals surface area contributed by atoms with Crippen LogP contribution in [-0.2, 0) is 17.6 Å². The third-order valence-corrected chi connectivity index (χ3v) is 4.44. The van der Waals surface area contributed by atoms with Gasteiger partial charge in [0.1, 0.15) is 5.69 Å². The highest BCUT2D eigenvalue weighted by atomic mass is 19.4. The van der Waals surface area contributed by atoms with Gasteiger partial charge in [0.15, 0.2) is 5.84 Å². The lowest BCUT2D eigenvalue weighted by Crippen LogP contribution is -2.31. The lowest BCUT2D eigenvalue weighted by molar-refractivity contribution is -0.136. The predicted octanol–water partition coefficient (Wildman–Crippen LogP) is 3.62. The molecule has 1 aliphatic heterocycles. The molecule has 4 rings (SSSR count). The van der Waals surface area contributed by atoms with E-state index in [9.17, 15) is 13.2 Å². The molecule has 0 saturated heterocycles. The number of rotatable bonds is 3. The largest absolute Gasteiger partial charge is 0.418 e. The summed E-state index contributed by atoms with van der Waals surface area (Å²) in [6.07, 6.45) is -1.47. The first-order valence-electron chi connectivity index (χ1n) is 8.35. The third kappa shape index (κ3) is 3.08. The van der Waals surface area contributed by atoms with Crippen molar-refractivity contribution < 1.29 is 18.0 Å². The summed E-state index contributed by atoms with van der Waals surface area (Å²) in [6.45, 7) is 1.89. The molecule has 1 N–H and O–H groups in total. The normalized spacial score (nSPS) is 19.3. The van der Waals surface area contributed by atoms with Crippen molar-refractivity contribution in [2.45, 2.75) is 25.4 Å². The number of halogens is 3. The van der Waals surface area contributed by atoms with Crippen LogP contribution in [0.25, 0.3) is 10.9 Å². The van der Waals surface area contributed by atoms with Gasteiger partial charge in [0.2, 0.25) is 5.72 Å². The van der Waals surface area contributed by atoms with Crippen LogP contribution in [-0.4, -0.2) is 21.1 Å². The van der Waals surface area contributed by atoms with Crippen molar-refractivity contribution in [3.63, 3.8) is 0 Å². The Kier molecular flexibility index (Phi) is 4.08. The fourth-order valence-electron chi connectivity index (χ4n) is 3.25. The Bertz CT molecular complexity index is 1110. The number of nitrogens with zero attached hydrogens (tertiary/aromatic N) is 4. The van der Waals surface area contributed by atoms with E-state index in [0.29, 0.717) is 17.0 Å². The lowest BCUT2D eigenvalue weighted by Gasteiger charge is -2.20. The Labute approximate surface area is 157 Å². The van der Waals surface area contributed by atoms with E-state index in [0.717, 1.165) is 0 Å². The standard InChI is InChI=1S/C19H14F3N5O/c1-18(25-17(26-28-18)14-4-2-3-8-24-14)11-27-9-7-13-15(27)6-5-12(10-23)16(13)19(20,21)22/h2-9H,11H2,1H3,(H,25,26). The molecule has 1 unspecified atom stereocenters. The molecule has 142 valence electrons. The van der Waals surface area contributed by atoms with Crippen molar-refractivity contribution >= 4 is 16.7 Å². The highest BCUT2D eigenvalue weighted by molar-refractivity contribution is 5.97. The number of hydroxylamine groups is 1. The zero-order valence-corrected chi connectivity index (χ0v) is 14.7. The number of aromatic nitrogens is 2. The van der Waals surface area contributed by atoms with Crippen LogP contribution in [0.2, 0.25) is 0 Å². The molecule has 6 nitrogen and oxygen atoms in total.